The second-order valence-electron chi connectivity index (χ2n) is 3.02. The first-order chi connectivity index (χ1) is 6.74. The molecule has 0 radical (unpaired) electrons. The molecule has 2 N–H and O–H groups in total. The van der Waals surface area contributed by atoms with Crippen LogP contribution in [0.15, 0.2) is 0 Å². The summed E-state index contributed by atoms with van der Waals surface area (Å²) in [5.74, 6) is 0. The first-order valence-electron chi connectivity index (χ1n) is 5.41. The molecule has 0 aliphatic carbocycles. The molecule has 0 saturated carbocycles. The van der Waals surface area contributed by atoms with Gasteiger partial charge < -0.3 is 15.4 Å². The second kappa shape index (κ2) is 7.62. The summed E-state index contributed by atoms with van der Waals surface area (Å²) < 4.78 is 4.86. The molecular formula is C10H22N2O2. The fourth-order valence-electron chi connectivity index (χ4n) is 1.30. The fourth-order valence-corrected chi connectivity index (χ4v) is 1.30. The highest BCUT2D eigenvalue weighted by molar-refractivity contribution is 5.67. The van der Waals surface area contributed by atoms with Crippen LogP contribution in [0.2, 0.25) is 0 Å². The van der Waals surface area contributed by atoms with Crippen LogP contribution in [-0.4, -0.2) is 36.7 Å². The van der Waals surface area contributed by atoms with Gasteiger partial charge in [0.25, 0.3) is 0 Å². The molecule has 0 atom stereocenters. The Balaban J connectivity index is 0.000000791. The van der Waals surface area contributed by atoms with Crippen molar-refractivity contribution < 1.29 is 9.53 Å². The van der Waals surface area contributed by atoms with Gasteiger partial charge in [-0.3, -0.25) is 0 Å². The molecule has 4 nitrogen and oxygen atoms in total. The van der Waals surface area contributed by atoms with E-state index in [0.717, 1.165) is 25.9 Å². The van der Waals surface area contributed by atoms with Crippen molar-refractivity contribution in [2.24, 2.45) is 5.73 Å². The molecule has 1 amide bonds. The summed E-state index contributed by atoms with van der Waals surface area (Å²) >= 11 is 0. The molecule has 0 spiro atoms. The highest BCUT2D eigenvalue weighted by atomic mass is 16.6. The Kier molecular flexibility index (Phi) is 7.20. The number of hydrogen-bond donors (Lipinski definition) is 1. The van der Waals surface area contributed by atoms with Crippen LogP contribution in [0.5, 0.6) is 0 Å². The standard InChI is InChI=1S/C8H16N2O2.C2H6/c1-2-12-8(11)10-5-3-7(9)4-6-10;1-2/h7H,2-6,9H2,1H3;1-2H3. The molecule has 1 aliphatic heterocycles. The van der Waals surface area contributed by atoms with Crippen molar-refractivity contribution in [3.63, 3.8) is 0 Å². The molecular weight excluding hydrogens is 180 g/mol. The average molecular weight is 202 g/mol. The molecule has 0 bridgehead atoms. The van der Waals surface area contributed by atoms with Crippen molar-refractivity contribution in [2.45, 2.75) is 39.7 Å². The van der Waals surface area contributed by atoms with Gasteiger partial charge in [0.1, 0.15) is 0 Å². The maximum absolute atomic E-state index is 11.2. The number of nitrogens with two attached hydrogens (primary N) is 1. The SMILES string of the molecule is CC.CCOC(=O)N1CCC(N)CC1. The van der Waals surface area contributed by atoms with Crippen molar-refractivity contribution in [3.8, 4) is 0 Å². The van der Waals surface area contributed by atoms with Crippen molar-refractivity contribution in [1.29, 1.82) is 0 Å². The van der Waals surface area contributed by atoms with Gasteiger partial charge in [-0.2, -0.15) is 0 Å². The molecule has 1 aliphatic rings. The lowest BCUT2D eigenvalue weighted by Crippen LogP contribution is -2.43. The fraction of sp³-hybridized carbons (Fsp3) is 0.900. The van der Waals surface area contributed by atoms with Crippen LogP contribution < -0.4 is 5.73 Å². The Labute approximate surface area is 86.4 Å². The first-order valence-corrected chi connectivity index (χ1v) is 5.41. The molecule has 0 unspecified atom stereocenters. The molecule has 0 aromatic rings. The molecule has 0 aromatic heterocycles. The largest absolute Gasteiger partial charge is 0.450 e. The van der Waals surface area contributed by atoms with E-state index in [2.05, 4.69) is 0 Å². The van der Waals surface area contributed by atoms with Crippen LogP contribution in [-0.2, 0) is 4.74 Å². The zero-order valence-electron chi connectivity index (χ0n) is 9.45. The number of rotatable bonds is 1. The van der Waals surface area contributed by atoms with Crippen LogP contribution >= 0.6 is 0 Å². The van der Waals surface area contributed by atoms with Gasteiger partial charge in [0, 0.05) is 19.1 Å². The molecule has 1 saturated heterocycles. The minimum atomic E-state index is -0.204. The average Bonchev–Trinajstić information content (AvgIpc) is 2.22. The summed E-state index contributed by atoms with van der Waals surface area (Å²) in [5, 5.41) is 0. The number of ether oxygens (including phenoxy) is 1. The van der Waals surface area contributed by atoms with Crippen molar-refractivity contribution in [2.75, 3.05) is 19.7 Å². The summed E-state index contributed by atoms with van der Waals surface area (Å²) in [6, 6.07) is 0.260. The van der Waals surface area contributed by atoms with E-state index in [1.165, 1.54) is 0 Å². The number of nitrogens with zero attached hydrogens (tertiary/aromatic N) is 1. The van der Waals surface area contributed by atoms with Crippen LogP contribution in [0, 0.1) is 0 Å². The summed E-state index contributed by atoms with van der Waals surface area (Å²) in [7, 11) is 0. The zero-order valence-corrected chi connectivity index (χ0v) is 9.45. The topological polar surface area (TPSA) is 55.6 Å². The van der Waals surface area contributed by atoms with Crippen molar-refractivity contribution in [3.05, 3.63) is 0 Å². The van der Waals surface area contributed by atoms with Gasteiger partial charge in [-0.05, 0) is 19.8 Å². The molecule has 0 aromatic carbocycles. The summed E-state index contributed by atoms with van der Waals surface area (Å²) in [6.45, 7) is 7.73. The third-order valence-corrected chi connectivity index (χ3v) is 2.07. The van der Waals surface area contributed by atoms with Gasteiger partial charge in [0.15, 0.2) is 0 Å². The number of hydrogen-bond acceptors (Lipinski definition) is 3. The molecule has 84 valence electrons. The van der Waals surface area contributed by atoms with E-state index in [4.69, 9.17) is 10.5 Å². The Morgan fingerprint density at radius 3 is 2.36 bits per heavy atom. The first kappa shape index (κ1) is 13.2. The Morgan fingerprint density at radius 1 is 1.43 bits per heavy atom. The molecule has 1 fully saturated rings. The lowest BCUT2D eigenvalue weighted by molar-refractivity contribution is 0.0974. The van der Waals surface area contributed by atoms with E-state index in [1.807, 2.05) is 20.8 Å². The number of carbonyl (C=O) groups excluding carboxylic acids is 1. The lowest BCUT2D eigenvalue weighted by Gasteiger charge is -2.29. The number of amides is 1. The second-order valence-corrected chi connectivity index (χ2v) is 3.02. The highest BCUT2D eigenvalue weighted by Crippen LogP contribution is 2.08. The van der Waals surface area contributed by atoms with E-state index in [9.17, 15) is 4.79 Å². The third-order valence-electron chi connectivity index (χ3n) is 2.07. The quantitative estimate of drug-likeness (QED) is 0.702. The predicted octanol–water partition coefficient (Wildman–Crippen LogP) is 1.59. The van der Waals surface area contributed by atoms with Gasteiger partial charge >= 0.3 is 6.09 Å². The van der Waals surface area contributed by atoms with Gasteiger partial charge in [0.2, 0.25) is 0 Å². The lowest BCUT2D eigenvalue weighted by atomic mass is 10.1. The summed E-state index contributed by atoms with van der Waals surface area (Å²) in [5.41, 5.74) is 5.69. The van der Waals surface area contributed by atoms with Gasteiger partial charge in [0.05, 0.1) is 6.61 Å². The molecule has 14 heavy (non-hydrogen) atoms. The van der Waals surface area contributed by atoms with Crippen molar-refractivity contribution in [1.82, 2.24) is 4.90 Å². The minimum absolute atomic E-state index is 0.204. The van der Waals surface area contributed by atoms with E-state index in [1.54, 1.807) is 4.90 Å². The normalized spacial score (nSPS) is 17.0. The summed E-state index contributed by atoms with van der Waals surface area (Å²) in [4.78, 5) is 12.9. The van der Waals surface area contributed by atoms with Crippen LogP contribution in [0.4, 0.5) is 4.79 Å². The van der Waals surface area contributed by atoms with E-state index in [0.29, 0.717) is 6.61 Å². The zero-order chi connectivity index (χ0) is 11.0. The molecule has 1 rings (SSSR count). The van der Waals surface area contributed by atoms with Crippen LogP contribution in [0.1, 0.15) is 33.6 Å². The highest BCUT2D eigenvalue weighted by Gasteiger charge is 2.20. The Hall–Kier alpha value is -0.770. The van der Waals surface area contributed by atoms with E-state index < -0.39 is 0 Å². The van der Waals surface area contributed by atoms with E-state index >= 15 is 0 Å². The molecule has 1 heterocycles. The monoisotopic (exact) mass is 202 g/mol. The minimum Gasteiger partial charge on any atom is -0.450 e. The predicted molar refractivity (Wildman–Crippen MR) is 57.2 cm³/mol. The van der Waals surface area contributed by atoms with Gasteiger partial charge in [-0.15, -0.1) is 0 Å². The Morgan fingerprint density at radius 2 is 1.93 bits per heavy atom. The van der Waals surface area contributed by atoms with Crippen molar-refractivity contribution >= 4 is 6.09 Å². The van der Waals surface area contributed by atoms with Gasteiger partial charge in [-0.1, -0.05) is 13.8 Å². The van der Waals surface area contributed by atoms with Crippen LogP contribution in [0.3, 0.4) is 0 Å². The maximum Gasteiger partial charge on any atom is 0.409 e. The maximum atomic E-state index is 11.2. The van der Waals surface area contributed by atoms with Crippen LogP contribution in [0.25, 0.3) is 0 Å². The molecule has 4 heteroatoms. The third kappa shape index (κ3) is 4.46. The number of carbonyl (C=O) groups is 1. The van der Waals surface area contributed by atoms with E-state index in [-0.39, 0.29) is 12.1 Å². The summed E-state index contributed by atoms with van der Waals surface area (Å²) in [6.07, 6.45) is 1.57. The smallest absolute Gasteiger partial charge is 0.409 e. The number of piperidine rings is 1. The van der Waals surface area contributed by atoms with Gasteiger partial charge in [-0.25, -0.2) is 4.79 Å². The number of likely N-dealkylation sites (tertiary alicyclic amines) is 1. The Bertz CT molecular complexity index is 154.